The van der Waals surface area contributed by atoms with Crippen molar-refractivity contribution in [3.05, 3.63) is 41.2 Å². The molecule has 0 aromatic heterocycles. The van der Waals surface area contributed by atoms with E-state index < -0.39 is 23.0 Å². The largest absolute Gasteiger partial charge is 0.504 e. The molecular weight excluding hydrogens is 292 g/mol. The highest BCUT2D eigenvalue weighted by molar-refractivity contribution is 6.16. The Morgan fingerprint density at radius 1 is 0.864 bits per heavy atom. The number of hydrogen-bond donors (Lipinski definition) is 5. The van der Waals surface area contributed by atoms with Gasteiger partial charge in [-0.25, -0.2) is 0 Å². The summed E-state index contributed by atoms with van der Waals surface area (Å²) in [5, 5.41) is 47.2. The van der Waals surface area contributed by atoms with Crippen molar-refractivity contribution in [2.75, 3.05) is 0 Å². The minimum absolute atomic E-state index is 0.0907. The fourth-order valence-electron chi connectivity index (χ4n) is 2.09. The zero-order chi connectivity index (χ0) is 16.0. The summed E-state index contributed by atoms with van der Waals surface area (Å²) in [5.41, 5.74) is 0.115. The number of aromatic hydroxyl groups is 5. The summed E-state index contributed by atoms with van der Waals surface area (Å²) in [6.45, 7) is 0. The second-order valence-corrected chi connectivity index (χ2v) is 4.65. The summed E-state index contributed by atoms with van der Waals surface area (Å²) in [6.07, 6.45) is 1.29. The Bertz CT molecular complexity index is 836. The fourth-order valence-corrected chi connectivity index (χ4v) is 2.09. The van der Waals surface area contributed by atoms with Crippen LogP contribution in [0, 0.1) is 0 Å². The molecule has 3 rings (SSSR count). The number of benzene rings is 2. The molecule has 0 saturated carbocycles. The average Bonchev–Trinajstić information content (AvgIpc) is 2.77. The van der Waals surface area contributed by atoms with Crippen LogP contribution in [-0.4, -0.2) is 31.3 Å². The molecule has 1 aliphatic heterocycles. The summed E-state index contributed by atoms with van der Waals surface area (Å²) >= 11 is 0. The predicted octanol–water partition coefficient (Wildman–Crippen LogP) is 1.83. The van der Waals surface area contributed by atoms with E-state index in [1.165, 1.54) is 24.3 Å². The van der Waals surface area contributed by atoms with Crippen LogP contribution in [0.1, 0.15) is 15.9 Å². The van der Waals surface area contributed by atoms with Gasteiger partial charge in [-0.15, -0.1) is 0 Å². The van der Waals surface area contributed by atoms with E-state index in [2.05, 4.69) is 0 Å². The molecule has 2 aromatic rings. The van der Waals surface area contributed by atoms with Crippen LogP contribution in [0.2, 0.25) is 0 Å². The highest BCUT2D eigenvalue weighted by Crippen LogP contribution is 2.47. The second kappa shape index (κ2) is 4.59. The van der Waals surface area contributed by atoms with Crippen molar-refractivity contribution >= 4 is 11.9 Å². The Labute approximate surface area is 123 Å². The van der Waals surface area contributed by atoms with E-state index in [-0.39, 0.29) is 28.6 Å². The van der Waals surface area contributed by atoms with Gasteiger partial charge >= 0.3 is 0 Å². The number of Topliss-reactive ketones (excluding diaryl/α,β-unsaturated/α-hetero) is 1. The number of ketones is 1. The summed E-state index contributed by atoms with van der Waals surface area (Å²) in [7, 11) is 0. The van der Waals surface area contributed by atoms with E-state index in [4.69, 9.17) is 4.74 Å². The van der Waals surface area contributed by atoms with Crippen LogP contribution < -0.4 is 4.74 Å². The summed E-state index contributed by atoms with van der Waals surface area (Å²) < 4.78 is 5.25. The maximum atomic E-state index is 12.2. The molecule has 5 N–H and O–H groups in total. The number of phenolic OH excluding ortho intramolecular Hbond substituents is 5. The maximum absolute atomic E-state index is 12.2. The van der Waals surface area contributed by atoms with Gasteiger partial charge < -0.3 is 30.3 Å². The third kappa shape index (κ3) is 1.96. The number of carbonyl (C=O) groups excluding carboxylic acids is 1. The Hall–Kier alpha value is -3.35. The van der Waals surface area contributed by atoms with Gasteiger partial charge in [0, 0.05) is 6.07 Å². The first-order chi connectivity index (χ1) is 10.4. The van der Waals surface area contributed by atoms with Gasteiger partial charge in [0.15, 0.2) is 28.8 Å². The summed E-state index contributed by atoms with van der Waals surface area (Å²) in [6, 6.07) is 4.91. The molecule has 0 atom stereocenters. The number of carbonyl (C=O) groups is 1. The number of hydrogen-bond acceptors (Lipinski definition) is 7. The smallest absolute Gasteiger partial charge is 0.235 e. The molecule has 1 aliphatic rings. The van der Waals surface area contributed by atoms with Gasteiger partial charge in [-0.3, -0.25) is 4.79 Å². The van der Waals surface area contributed by atoms with Gasteiger partial charge in [-0.1, -0.05) is 6.07 Å². The Morgan fingerprint density at radius 3 is 2.27 bits per heavy atom. The summed E-state index contributed by atoms with van der Waals surface area (Å²) in [5.74, 6) is -3.81. The van der Waals surface area contributed by atoms with Crippen molar-refractivity contribution in [2.24, 2.45) is 0 Å². The minimum atomic E-state index is -0.806. The highest BCUT2D eigenvalue weighted by Gasteiger charge is 2.33. The maximum Gasteiger partial charge on any atom is 0.235 e. The van der Waals surface area contributed by atoms with Crippen molar-refractivity contribution in [3.8, 4) is 34.5 Å². The fraction of sp³-hybridized carbons (Fsp3) is 0. The van der Waals surface area contributed by atoms with Gasteiger partial charge in [0.1, 0.15) is 11.3 Å². The zero-order valence-corrected chi connectivity index (χ0v) is 10.9. The van der Waals surface area contributed by atoms with Crippen LogP contribution in [0.3, 0.4) is 0 Å². The molecular formula is C15H10O7. The lowest BCUT2D eigenvalue weighted by Gasteiger charge is -2.03. The van der Waals surface area contributed by atoms with E-state index >= 15 is 0 Å². The average molecular weight is 302 g/mol. The minimum Gasteiger partial charge on any atom is -0.504 e. The van der Waals surface area contributed by atoms with Gasteiger partial charge in [-0.2, -0.15) is 0 Å². The molecule has 0 spiro atoms. The quantitative estimate of drug-likeness (QED) is 0.401. The van der Waals surface area contributed by atoms with Gasteiger partial charge in [-0.05, 0) is 23.8 Å². The SMILES string of the molecule is O=C1/C(=C/c2ccc(O)c(O)c2)Oc2cc(O)c(O)c(O)c21. The Kier molecular flexibility index (Phi) is 2.84. The molecule has 0 saturated heterocycles. The molecule has 22 heavy (non-hydrogen) atoms. The van der Waals surface area contributed by atoms with Crippen LogP contribution in [0.25, 0.3) is 6.08 Å². The van der Waals surface area contributed by atoms with Gasteiger partial charge in [0.05, 0.1) is 0 Å². The number of allylic oxidation sites excluding steroid dienone is 1. The van der Waals surface area contributed by atoms with E-state index in [0.29, 0.717) is 5.56 Å². The molecule has 0 fully saturated rings. The molecule has 0 bridgehead atoms. The lowest BCUT2D eigenvalue weighted by molar-refractivity contribution is 0.101. The lowest BCUT2D eigenvalue weighted by Crippen LogP contribution is -1.98. The number of phenols is 5. The number of rotatable bonds is 1. The van der Waals surface area contributed by atoms with Crippen molar-refractivity contribution in [2.45, 2.75) is 0 Å². The van der Waals surface area contributed by atoms with E-state index in [1.807, 2.05) is 0 Å². The van der Waals surface area contributed by atoms with Crippen LogP contribution in [0.15, 0.2) is 30.0 Å². The molecule has 0 unspecified atom stereocenters. The van der Waals surface area contributed by atoms with Crippen molar-refractivity contribution in [3.63, 3.8) is 0 Å². The topological polar surface area (TPSA) is 127 Å². The molecule has 0 aliphatic carbocycles. The lowest BCUT2D eigenvalue weighted by atomic mass is 10.1. The van der Waals surface area contributed by atoms with Crippen molar-refractivity contribution < 1.29 is 35.1 Å². The highest BCUT2D eigenvalue weighted by atomic mass is 16.5. The van der Waals surface area contributed by atoms with E-state index in [1.54, 1.807) is 0 Å². The standard InChI is InChI=1S/C15H10O7/c16-7-2-1-6(3-8(7)17)4-11-14(20)12-10(22-11)5-9(18)13(19)15(12)21/h1-5,16-19,21H/b11-4-. The number of ether oxygens (including phenoxy) is 1. The van der Waals surface area contributed by atoms with Crippen molar-refractivity contribution in [1.82, 2.24) is 0 Å². The molecule has 0 amide bonds. The van der Waals surface area contributed by atoms with Crippen molar-refractivity contribution in [1.29, 1.82) is 0 Å². The van der Waals surface area contributed by atoms with Gasteiger partial charge in [0.25, 0.3) is 0 Å². The monoisotopic (exact) mass is 302 g/mol. The van der Waals surface area contributed by atoms with Crippen LogP contribution in [0.4, 0.5) is 0 Å². The Balaban J connectivity index is 2.05. The first kappa shape index (κ1) is 13.6. The van der Waals surface area contributed by atoms with Crippen LogP contribution in [0.5, 0.6) is 34.5 Å². The first-order valence-electron chi connectivity index (χ1n) is 6.12. The Morgan fingerprint density at radius 2 is 1.59 bits per heavy atom. The molecule has 1 heterocycles. The molecule has 112 valence electrons. The first-order valence-corrected chi connectivity index (χ1v) is 6.12. The molecule has 2 aromatic carbocycles. The normalized spacial score (nSPS) is 14.9. The zero-order valence-electron chi connectivity index (χ0n) is 10.9. The van der Waals surface area contributed by atoms with Crippen LogP contribution in [-0.2, 0) is 0 Å². The van der Waals surface area contributed by atoms with Gasteiger partial charge in [0.2, 0.25) is 11.5 Å². The number of fused-ring (bicyclic) bond motifs is 1. The predicted molar refractivity (Wildman–Crippen MR) is 74.1 cm³/mol. The van der Waals surface area contributed by atoms with E-state index in [9.17, 15) is 30.3 Å². The third-order valence-corrected chi connectivity index (χ3v) is 3.19. The third-order valence-electron chi connectivity index (χ3n) is 3.19. The molecule has 7 heteroatoms. The second-order valence-electron chi connectivity index (χ2n) is 4.65. The molecule has 0 radical (unpaired) electrons. The summed E-state index contributed by atoms with van der Waals surface area (Å²) in [4.78, 5) is 12.2. The van der Waals surface area contributed by atoms with E-state index in [0.717, 1.165) is 6.07 Å². The molecule has 7 nitrogen and oxygen atoms in total. The van der Waals surface area contributed by atoms with Crippen LogP contribution >= 0.6 is 0 Å².